The average Bonchev–Trinajstić information content (AvgIpc) is 2.44. The molecule has 0 aliphatic carbocycles. The van der Waals surface area contributed by atoms with Crippen molar-refractivity contribution in [2.24, 2.45) is 0 Å². The fraction of sp³-hybridized carbons (Fsp3) is 0.200. The Labute approximate surface area is 116 Å². The average molecular weight is 280 g/mol. The van der Waals surface area contributed by atoms with Gasteiger partial charge >= 0.3 is 0 Å². The van der Waals surface area contributed by atoms with Crippen molar-refractivity contribution in [2.45, 2.75) is 12.6 Å². The highest BCUT2D eigenvalue weighted by molar-refractivity contribution is 6.30. The molecule has 1 unspecified atom stereocenters. The zero-order valence-corrected chi connectivity index (χ0v) is 11.1. The van der Waals surface area contributed by atoms with Crippen molar-refractivity contribution >= 4 is 11.6 Å². The van der Waals surface area contributed by atoms with E-state index < -0.39 is 5.82 Å². The number of nitrogens with one attached hydrogen (secondary N) is 1. The van der Waals surface area contributed by atoms with Crippen LogP contribution in [0.2, 0.25) is 5.02 Å². The van der Waals surface area contributed by atoms with Crippen molar-refractivity contribution in [2.75, 3.05) is 6.61 Å². The molecule has 100 valence electrons. The first-order chi connectivity index (χ1) is 9.20. The number of benzene rings is 2. The van der Waals surface area contributed by atoms with Crippen molar-refractivity contribution in [3.63, 3.8) is 0 Å². The number of rotatable bonds is 5. The van der Waals surface area contributed by atoms with Crippen LogP contribution < -0.4 is 5.32 Å². The molecule has 0 aromatic heterocycles. The van der Waals surface area contributed by atoms with E-state index in [1.54, 1.807) is 6.07 Å². The highest BCUT2D eigenvalue weighted by Gasteiger charge is 2.11. The number of aliphatic hydroxyl groups is 1. The van der Waals surface area contributed by atoms with E-state index in [1.807, 2.05) is 30.3 Å². The monoisotopic (exact) mass is 279 g/mol. The van der Waals surface area contributed by atoms with Crippen LogP contribution in [-0.4, -0.2) is 11.7 Å². The minimum absolute atomic E-state index is 0.0866. The summed E-state index contributed by atoms with van der Waals surface area (Å²) in [4.78, 5) is 0. The second kappa shape index (κ2) is 6.66. The molecule has 0 aliphatic rings. The molecule has 0 spiro atoms. The summed E-state index contributed by atoms with van der Waals surface area (Å²) in [5, 5.41) is 12.7. The summed E-state index contributed by atoms with van der Waals surface area (Å²) < 4.78 is 13.4. The number of halogens is 2. The fourth-order valence-electron chi connectivity index (χ4n) is 1.85. The van der Waals surface area contributed by atoms with Gasteiger partial charge in [0.25, 0.3) is 0 Å². The molecule has 4 heteroatoms. The molecule has 0 fully saturated rings. The van der Waals surface area contributed by atoms with Crippen molar-refractivity contribution in [3.05, 3.63) is 70.5 Å². The van der Waals surface area contributed by atoms with Crippen molar-refractivity contribution in [3.8, 4) is 0 Å². The lowest BCUT2D eigenvalue weighted by Gasteiger charge is -2.17. The van der Waals surface area contributed by atoms with Gasteiger partial charge < -0.3 is 10.4 Å². The van der Waals surface area contributed by atoms with Crippen LogP contribution in [0, 0.1) is 5.82 Å². The first-order valence-electron chi connectivity index (χ1n) is 6.04. The first-order valence-corrected chi connectivity index (χ1v) is 6.41. The summed E-state index contributed by atoms with van der Waals surface area (Å²) >= 11 is 5.64. The van der Waals surface area contributed by atoms with Crippen LogP contribution in [0.15, 0.2) is 48.5 Å². The Hall–Kier alpha value is -1.42. The molecule has 0 bridgehead atoms. The molecule has 0 saturated heterocycles. The summed E-state index contributed by atoms with van der Waals surface area (Å²) in [6.07, 6.45) is 0. The topological polar surface area (TPSA) is 32.3 Å². The van der Waals surface area contributed by atoms with Crippen LogP contribution in [0.4, 0.5) is 4.39 Å². The van der Waals surface area contributed by atoms with Gasteiger partial charge in [0.2, 0.25) is 0 Å². The first kappa shape index (κ1) is 14.0. The second-order valence-electron chi connectivity index (χ2n) is 4.28. The largest absolute Gasteiger partial charge is 0.394 e. The number of hydrogen-bond donors (Lipinski definition) is 2. The quantitative estimate of drug-likeness (QED) is 0.880. The molecule has 2 nitrogen and oxygen atoms in total. The molecule has 2 aromatic rings. The maximum atomic E-state index is 13.4. The van der Waals surface area contributed by atoms with Crippen molar-refractivity contribution in [1.82, 2.24) is 5.32 Å². The molecule has 0 saturated carbocycles. The summed E-state index contributed by atoms with van der Waals surface area (Å²) in [5.41, 5.74) is 1.79. The second-order valence-corrected chi connectivity index (χ2v) is 4.68. The molecule has 19 heavy (non-hydrogen) atoms. The highest BCUT2D eigenvalue weighted by Crippen LogP contribution is 2.20. The summed E-state index contributed by atoms with van der Waals surface area (Å²) in [6.45, 7) is 0.504. The standard InChI is InChI=1S/C15H15ClFNO/c16-13-7-6-12(8-14(13)17)15(10-19)18-9-11-4-2-1-3-5-11/h1-8,15,18-19H,9-10H2. The van der Waals surface area contributed by atoms with Gasteiger partial charge in [-0.05, 0) is 23.3 Å². The Balaban J connectivity index is 2.05. The van der Waals surface area contributed by atoms with Crippen LogP contribution in [0.1, 0.15) is 17.2 Å². The SMILES string of the molecule is OCC(NCc1ccccc1)c1ccc(Cl)c(F)c1. The lowest BCUT2D eigenvalue weighted by molar-refractivity contribution is 0.243. The molecular formula is C15H15ClFNO. The van der Waals surface area contributed by atoms with Gasteiger partial charge in [0.05, 0.1) is 17.7 Å². The van der Waals surface area contributed by atoms with E-state index in [2.05, 4.69) is 5.32 Å². The Bertz CT molecular complexity index is 533. The number of aliphatic hydroxyl groups excluding tert-OH is 1. The zero-order valence-electron chi connectivity index (χ0n) is 10.3. The molecule has 2 N–H and O–H groups in total. The lowest BCUT2D eigenvalue weighted by atomic mass is 10.1. The molecule has 2 rings (SSSR count). The Morgan fingerprint density at radius 2 is 1.89 bits per heavy atom. The van der Waals surface area contributed by atoms with Crippen LogP contribution in [0.5, 0.6) is 0 Å². The van der Waals surface area contributed by atoms with Crippen LogP contribution in [-0.2, 0) is 6.54 Å². The van der Waals surface area contributed by atoms with E-state index in [1.165, 1.54) is 12.1 Å². The molecule has 0 heterocycles. The van der Waals surface area contributed by atoms with E-state index in [4.69, 9.17) is 11.6 Å². The van der Waals surface area contributed by atoms with Gasteiger partial charge in [-0.2, -0.15) is 0 Å². The smallest absolute Gasteiger partial charge is 0.142 e. The van der Waals surface area contributed by atoms with Gasteiger partial charge in [-0.15, -0.1) is 0 Å². The van der Waals surface area contributed by atoms with Gasteiger partial charge in [-0.25, -0.2) is 4.39 Å². The Morgan fingerprint density at radius 1 is 1.16 bits per heavy atom. The van der Waals surface area contributed by atoms with Gasteiger partial charge in [0.15, 0.2) is 0 Å². The third kappa shape index (κ3) is 3.77. The van der Waals surface area contributed by atoms with Crippen molar-refractivity contribution in [1.29, 1.82) is 0 Å². The predicted octanol–water partition coefficient (Wildman–Crippen LogP) is 3.30. The molecule has 2 aromatic carbocycles. The zero-order chi connectivity index (χ0) is 13.7. The van der Waals surface area contributed by atoms with Gasteiger partial charge in [-0.1, -0.05) is 48.0 Å². The van der Waals surface area contributed by atoms with E-state index in [-0.39, 0.29) is 17.7 Å². The van der Waals surface area contributed by atoms with Crippen LogP contribution in [0.25, 0.3) is 0 Å². The minimum Gasteiger partial charge on any atom is -0.394 e. The van der Waals surface area contributed by atoms with E-state index >= 15 is 0 Å². The van der Waals surface area contributed by atoms with E-state index in [0.29, 0.717) is 12.1 Å². The highest BCUT2D eigenvalue weighted by atomic mass is 35.5. The maximum Gasteiger partial charge on any atom is 0.142 e. The maximum absolute atomic E-state index is 13.4. The summed E-state index contributed by atoms with van der Waals surface area (Å²) in [5.74, 6) is -0.473. The van der Waals surface area contributed by atoms with Gasteiger partial charge in [0, 0.05) is 6.54 Å². The normalized spacial score (nSPS) is 12.4. The molecule has 0 radical (unpaired) electrons. The van der Waals surface area contributed by atoms with E-state index in [9.17, 15) is 9.50 Å². The van der Waals surface area contributed by atoms with Gasteiger partial charge in [-0.3, -0.25) is 0 Å². The van der Waals surface area contributed by atoms with Crippen LogP contribution in [0.3, 0.4) is 0 Å². The lowest BCUT2D eigenvalue weighted by Crippen LogP contribution is -2.24. The predicted molar refractivity (Wildman–Crippen MR) is 74.5 cm³/mol. The molecular weight excluding hydrogens is 265 g/mol. The van der Waals surface area contributed by atoms with E-state index in [0.717, 1.165) is 5.56 Å². The minimum atomic E-state index is -0.473. The van der Waals surface area contributed by atoms with Crippen LogP contribution >= 0.6 is 11.6 Å². The molecule has 0 aliphatic heterocycles. The third-order valence-corrected chi connectivity index (χ3v) is 3.23. The molecule has 1 atom stereocenters. The Morgan fingerprint density at radius 3 is 2.53 bits per heavy atom. The number of hydrogen-bond acceptors (Lipinski definition) is 2. The summed E-state index contributed by atoms with van der Waals surface area (Å²) in [7, 11) is 0. The summed E-state index contributed by atoms with van der Waals surface area (Å²) in [6, 6.07) is 14.1. The third-order valence-electron chi connectivity index (χ3n) is 2.92. The fourth-order valence-corrected chi connectivity index (χ4v) is 1.97. The van der Waals surface area contributed by atoms with Crippen molar-refractivity contribution < 1.29 is 9.50 Å². The van der Waals surface area contributed by atoms with Gasteiger partial charge in [0.1, 0.15) is 5.82 Å². The molecule has 0 amide bonds. The Kier molecular flexibility index (Phi) is 4.91.